The zero-order valence-corrected chi connectivity index (χ0v) is 11.2. The lowest BCUT2D eigenvalue weighted by atomic mass is 10.1. The van der Waals surface area contributed by atoms with Gasteiger partial charge in [-0.2, -0.15) is 0 Å². The summed E-state index contributed by atoms with van der Waals surface area (Å²) < 4.78 is 5.20. The Kier molecular flexibility index (Phi) is 3.37. The Bertz CT molecular complexity index is 590. The summed E-state index contributed by atoms with van der Waals surface area (Å²) in [6.45, 7) is 2.63. The molecule has 0 saturated carbocycles. The van der Waals surface area contributed by atoms with E-state index in [1.54, 1.807) is 0 Å². The standard InChI is InChI=1S/C13H15N3O2S/c14-15-13(17)12-10(2-5-18-12)8-16-4-1-11-9(7-16)3-6-19-11/h2-3,5-6H,1,4,7-8,14H2,(H,15,17). The predicted molar refractivity (Wildman–Crippen MR) is 72.5 cm³/mol. The Morgan fingerprint density at radius 3 is 3.26 bits per heavy atom. The zero-order valence-electron chi connectivity index (χ0n) is 10.4. The van der Waals surface area contributed by atoms with Crippen LogP contribution in [0.15, 0.2) is 28.2 Å². The van der Waals surface area contributed by atoms with Crippen LogP contribution in [-0.4, -0.2) is 17.4 Å². The van der Waals surface area contributed by atoms with E-state index in [9.17, 15) is 4.79 Å². The van der Waals surface area contributed by atoms with Crippen LogP contribution in [0.2, 0.25) is 0 Å². The molecule has 3 heterocycles. The summed E-state index contributed by atoms with van der Waals surface area (Å²) >= 11 is 1.82. The van der Waals surface area contributed by atoms with Gasteiger partial charge < -0.3 is 4.42 Å². The van der Waals surface area contributed by atoms with Crippen LogP contribution in [0.4, 0.5) is 0 Å². The number of hydrogen-bond acceptors (Lipinski definition) is 5. The number of rotatable bonds is 3. The Morgan fingerprint density at radius 2 is 2.42 bits per heavy atom. The number of nitrogens with zero attached hydrogens (tertiary/aromatic N) is 1. The summed E-state index contributed by atoms with van der Waals surface area (Å²) in [5.74, 6) is 5.07. The van der Waals surface area contributed by atoms with Gasteiger partial charge in [0, 0.05) is 30.1 Å². The third-order valence-electron chi connectivity index (χ3n) is 3.36. The maximum absolute atomic E-state index is 11.5. The van der Waals surface area contributed by atoms with E-state index in [4.69, 9.17) is 10.3 Å². The van der Waals surface area contributed by atoms with E-state index >= 15 is 0 Å². The summed E-state index contributed by atoms with van der Waals surface area (Å²) in [6.07, 6.45) is 2.60. The Hall–Kier alpha value is -1.63. The van der Waals surface area contributed by atoms with Crippen molar-refractivity contribution in [2.24, 2.45) is 5.84 Å². The minimum atomic E-state index is -0.381. The number of carbonyl (C=O) groups excluding carboxylic acids is 1. The van der Waals surface area contributed by atoms with Crippen molar-refractivity contribution in [1.29, 1.82) is 0 Å². The van der Waals surface area contributed by atoms with Crippen LogP contribution in [0.5, 0.6) is 0 Å². The molecular weight excluding hydrogens is 262 g/mol. The fraction of sp³-hybridized carbons (Fsp3) is 0.308. The van der Waals surface area contributed by atoms with Crippen molar-refractivity contribution in [3.63, 3.8) is 0 Å². The summed E-state index contributed by atoms with van der Waals surface area (Å²) in [5.41, 5.74) is 4.38. The van der Waals surface area contributed by atoms with Crippen molar-refractivity contribution < 1.29 is 9.21 Å². The monoisotopic (exact) mass is 277 g/mol. The average Bonchev–Trinajstić information content (AvgIpc) is 3.06. The molecule has 1 aliphatic heterocycles. The molecule has 2 aromatic rings. The van der Waals surface area contributed by atoms with Gasteiger partial charge in [0.25, 0.3) is 0 Å². The number of hydrazine groups is 1. The first-order chi connectivity index (χ1) is 9.28. The Morgan fingerprint density at radius 1 is 1.53 bits per heavy atom. The van der Waals surface area contributed by atoms with Crippen LogP contribution in [-0.2, 0) is 19.5 Å². The summed E-state index contributed by atoms with van der Waals surface area (Å²) in [5, 5.41) is 2.14. The van der Waals surface area contributed by atoms with Crippen LogP contribution in [0, 0.1) is 0 Å². The second kappa shape index (κ2) is 5.16. The van der Waals surface area contributed by atoms with Crippen LogP contribution < -0.4 is 11.3 Å². The molecule has 1 aliphatic rings. The first kappa shape index (κ1) is 12.4. The van der Waals surface area contributed by atoms with E-state index in [0.717, 1.165) is 25.1 Å². The molecule has 100 valence electrons. The molecule has 0 aliphatic carbocycles. The molecule has 2 aromatic heterocycles. The summed E-state index contributed by atoms with van der Waals surface area (Å²) in [6, 6.07) is 4.00. The molecule has 0 saturated heterocycles. The number of thiophene rings is 1. The highest BCUT2D eigenvalue weighted by Crippen LogP contribution is 2.25. The lowest BCUT2D eigenvalue weighted by Crippen LogP contribution is -2.32. The van der Waals surface area contributed by atoms with Crippen molar-refractivity contribution in [3.8, 4) is 0 Å². The molecule has 3 N–H and O–H groups in total. The number of fused-ring (bicyclic) bond motifs is 1. The van der Waals surface area contributed by atoms with E-state index in [-0.39, 0.29) is 5.91 Å². The topological polar surface area (TPSA) is 71.5 Å². The molecule has 6 heteroatoms. The van der Waals surface area contributed by atoms with Crippen molar-refractivity contribution in [1.82, 2.24) is 10.3 Å². The molecule has 0 radical (unpaired) electrons. The van der Waals surface area contributed by atoms with Gasteiger partial charge >= 0.3 is 5.91 Å². The number of carbonyl (C=O) groups is 1. The minimum Gasteiger partial charge on any atom is -0.459 e. The number of nitrogens with one attached hydrogen (secondary N) is 1. The van der Waals surface area contributed by atoms with Gasteiger partial charge in [-0.3, -0.25) is 15.1 Å². The summed E-state index contributed by atoms with van der Waals surface area (Å²) in [4.78, 5) is 15.3. The second-order valence-electron chi connectivity index (χ2n) is 4.58. The lowest BCUT2D eigenvalue weighted by molar-refractivity contribution is 0.0922. The van der Waals surface area contributed by atoms with Gasteiger partial charge in [-0.15, -0.1) is 11.3 Å². The van der Waals surface area contributed by atoms with Gasteiger partial charge in [0.15, 0.2) is 5.76 Å². The number of nitrogen functional groups attached to an aromatic ring is 1. The summed E-state index contributed by atoms with van der Waals surface area (Å²) in [7, 11) is 0. The fourth-order valence-electron chi connectivity index (χ4n) is 2.41. The van der Waals surface area contributed by atoms with Crippen LogP contribution in [0.25, 0.3) is 0 Å². The van der Waals surface area contributed by atoms with Gasteiger partial charge in [0.05, 0.1) is 6.26 Å². The van der Waals surface area contributed by atoms with Crippen molar-refractivity contribution in [2.45, 2.75) is 19.5 Å². The molecule has 0 unspecified atom stereocenters. The number of amides is 1. The second-order valence-corrected chi connectivity index (χ2v) is 5.58. The van der Waals surface area contributed by atoms with E-state index in [1.807, 2.05) is 17.4 Å². The third kappa shape index (κ3) is 2.42. The van der Waals surface area contributed by atoms with E-state index in [2.05, 4.69) is 21.8 Å². The number of nitrogens with two attached hydrogens (primary N) is 1. The quantitative estimate of drug-likeness (QED) is 0.507. The first-order valence-corrected chi connectivity index (χ1v) is 7.01. The molecule has 0 spiro atoms. The molecule has 0 aromatic carbocycles. The smallest absolute Gasteiger partial charge is 0.301 e. The van der Waals surface area contributed by atoms with Gasteiger partial charge in [0.2, 0.25) is 0 Å². The molecule has 0 bridgehead atoms. The Labute approximate surface area is 115 Å². The van der Waals surface area contributed by atoms with E-state index in [1.165, 1.54) is 16.7 Å². The minimum absolute atomic E-state index is 0.304. The highest BCUT2D eigenvalue weighted by Gasteiger charge is 2.21. The van der Waals surface area contributed by atoms with Crippen LogP contribution in [0.1, 0.15) is 26.6 Å². The number of furan rings is 1. The lowest BCUT2D eigenvalue weighted by Gasteiger charge is -2.26. The Balaban J connectivity index is 1.73. The molecule has 5 nitrogen and oxygen atoms in total. The average molecular weight is 277 g/mol. The maximum atomic E-state index is 11.5. The normalized spacial score (nSPS) is 15.2. The highest BCUT2D eigenvalue weighted by molar-refractivity contribution is 7.10. The highest BCUT2D eigenvalue weighted by atomic mass is 32.1. The van der Waals surface area contributed by atoms with Crippen LogP contribution >= 0.6 is 11.3 Å². The van der Waals surface area contributed by atoms with Gasteiger partial charge in [-0.1, -0.05) is 0 Å². The molecule has 1 amide bonds. The van der Waals surface area contributed by atoms with Crippen LogP contribution in [0.3, 0.4) is 0 Å². The third-order valence-corrected chi connectivity index (χ3v) is 4.39. The van der Waals surface area contributed by atoms with E-state index < -0.39 is 0 Å². The molecular formula is C13H15N3O2S. The molecule has 19 heavy (non-hydrogen) atoms. The maximum Gasteiger partial charge on any atom is 0.301 e. The predicted octanol–water partition coefficient (Wildman–Crippen LogP) is 1.50. The zero-order chi connectivity index (χ0) is 13.2. The first-order valence-electron chi connectivity index (χ1n) is 6.13. The van der Waals surface area contributed by atoms with Gasteiger partial charge in [0.1, 0.15) is 0 Å². The van der Waals surface area contributed by atoms with Crippen molar-refractivity contribution >= 4 is 17.2 Å². The SMILES string of the molecule is NNC(=O)c1occc1CN1CCc2sccc2C1. The van der Waals surface area contributed by atoms with Crippen molar-refractivity contribution in [2.75, 3.05) is 6.54 Å². The number of hydrogen-bond donors (Lipinski definition) is 2. The molecule has 0 atom stereocenters. The molecule has 3 rings (SSSR count). The molecule has 0 fully saturated rings. The van der Waals surface area contributed by atoms with Gasteiger partial charge in [-0.25, -0.2) is 5.84 Å². The van der Waals surface area contributed by atoms with E-state index in [0.29, 0.717) is 12.3 Å². The van der Waals surface area contributed by atoms with Gasteiger partial charge in [-0.05, 0) is 29.5 Å². The fourth-order valence-corrected chi connectivity index (χ4v) is 3.30. The largest absolute Gasteiger partial charge is 0.459 e. The van der Waals surface area contributed by atoms with Crippen molar-refractivity contribution in [3.05, 3.63) is 45.5 Å².